The van der Waals surface area contributed by atoms with Crippen molar-refractivity contribution in [3.05, 3.63) is 35.5 Å². The maximum absolute atomic E-state index is 16.3. The number of esters is 2. The van der Waals surface area contributed by atoms with Gasteiger partial charge < -0.3 is 39.8 Å². The number of rotatable bonds is 16. The number of nitrogens with zero attached hydrogens (tertiary/aromatic N) is 3. The lowest BCUT2D eigenvalue weighted by atomic mass is 9.98. The first-order valence-electron chi connectivity index (χ1n) is 20.5. The van der Waals surface area contributed by atoms with Gasteiger partial charge in [0.25, 0.3) is 5.91 Å². The van der Waals surface area contributed by atoms with Crippen LogP contribution in [0, 0.1) is 10.8 Å². The smallest absolute Gasteiger partial charge is 0.410 e. The van der Waals surface area contributed by atoms with E-state index in [9.17, 15) is 38.1 Å². The van der Waals surface area contributed by atoms with Crippen molar-refractivity contribution in [2.24, 2.45) is 10.8 Å². The van der Waals surface area contributed by atoms with Crippen molar-refractivity contribution in [2.45, 2.75) is 111 Å². The molecule has 1 aromatic heterocycles. The zero-order valence-electron chi connectivity index (χ0n) is 36.8. The van der Waals surface area contributed by atoms with Gasteiger partial charge >= 0.3 is 25.2 Å². The normalized spacial score (nSPS) is 18.7. The molecule has 18 nitrogen and oxygen atoms in total. The van der Waals surface area contributed by atoms with Crippen molar-refractivity contribution >= 4 is 60.0 Å². The standard InChI is InChI=1S/C41H59F2N6O12P/c1-10-33(51)44-17-11-18-47(9)36(54)32-15-13-28-16-19-48(25(2)50)22-31(35(53)49(28)32)46-34(52)30-21-26-20-27(12-14-29(26)45-30)41(42,43)62(57,60-23-58-37(55)39(3,4)5)61-24-59-38(56)40(6,7)8/h12,14,20-21,28,31-32,45H,10-11,13,15-19,22-24H2,1-9H3,(H,44,51)(H,46,52)/t28-,31+,32+/m1/s1. The lowest BCUT2D eigenvalue weighted by Gasteiger charge is -2.39. The molecule has 0 spiro atoms. The predicted octanol–water partition coefficient (Wildman–Crippen LogP) is 4.62. The molecule has 2 aliphatic rings. The summed E-state index contributed by atoms with van der Waals surface area (Å²) in [5, 5.41) is 5.49. The lowest BCUT2D eigenvalue weighted by molar-refractivity contribution is -0.163. The van der Waals surface area contributed by atoms with Crippen molar-refractivity contribution in [1.82, 2.24) is 30.3 Å². The monoisotopic (exact) mass is 896 g/mol. The van der Waals surface area contributed by atoms with E-state index in [0.717, 1.165) is 12.1 Å². The third-order valence-corrected chi connectivity index (χ3v) is 12.4. The van der Waals surface area contributed by atoms with Crippen LogP contribution in [0.3, 0.4) is 0 Å². The van der Waals surface area contributed by atoms with Crippen LogP contribution in [0.5, 0.6) is 0 Å². The summed E-state index contributed by atoms with van der Waals surface area (Å²) < 4.78 is 66.2. The van der Waals surface area contributed by atoms with E-state index in [4.69, 9.17) is 18.5 Å². The number of aromatic amines is 1. The topological polar surface area (TPSA) is 223 Å². The molecule has 0 unspecified atom stereocenters. The van der Waals surface area contributed by atoms with Gasteiger partial charge in [-0.05, 0) is 85.4 Å². The van der Waals surface area contributed by atoms with Gasteiger partial charge in [-0.15, -0.1) is 0 Å². The molecular formula is C41H59F2N6O12P. The summed E-state index contributed by atoms with van der Waals surface area (Å²) in [6, 6.07) is 1.77. The van der Waals surface area contributed by atoms with Crippen LogP contribution in [0.4, 0.5) is 8.78 Å². The van der Waals surface area contributed by atoms with E-state index in [2.05, 4.69) is 15.6 Å². The van der Waals surface area contributed by atoms with E-state index in [0.29, 0.717) is 45.2 Å². The molecule has 1 aromatic carbocycles. The molecule has 0 radical (unpaired) electrons. The van der Waals surface area contributed by atoms with Gasteiger partial charge in [0, 0.05) is 69.1 Å². The highest BCUT2D eigenvalue weighted by Crippen LogP contribution is 2.67. The summed E-state index contributed by atoms with van der Waals surface area (Å²) in [5.74, 6) is -3.80. The highest BCUT2D eigenvalue weighted by molar-refractivity contribution is 7.54. The Labute approximate surface area is 359 Å². The van der Waals surface area contributed by atoms with Crippen molar-refractivity contribution in [3.63, 3.8) is 0 Å². The van der Waals surface area contributed by atoms with Crippen LogP contribution in [-0.4, -0.2) is 126 Å². The molecule has 0 saturated carbocycles. The summed E-state index contributed by atoms with van der Waals surface area (Å²) >= 11 is 0. The van der Waals surface area contributed by atoms with Gasteiger partial charge in [-0.2, -0.15) is 8.78 Å². The van der Waals surface area contributed by atoms with Crippen molar-refractivity contribution < 1.29 is 65.4 Å². The molecular weight excluding hydrogens is 837 g/mol. The largest absolute Gasteiger partial charge is 0.438 e. The van der Waals surface area contributed by atoms with Gasteiger partial charge in [-0.1, -0.05) is 13.0 Å². The number of carbonyl (C=O) groups excluding carboxylic acids is 7. The van der Waals surface area contributed by atoms with E-state index in [1.165, 1.54) is 75.3 Å². The van der Waals surface area contributed by atoms with Crippen LogP contribution < -0.4 is 10.6 Å². The zero-order valence-corrected chi connectivity index (χ0v) is 37.7. The summed E-state index contributed by atoms with van der Waals surface area (Å²) in [4.78, 5) is 98.0. The average Bonchev–Trinajstić information content (AvgIpc) is 3.82. The first kappa shape index (κ1) is 49.7. The molecule has 21 heteroatoms. The Morgan fingerprint density at radius 1 is 0.935 bits per heavy atom. The molecule has 0 bridgehead atoms. The van der Waals surface area contributed by atoms with Crippen LogP contribution in [0.1, 0.15) is 104 Å². The van der Waals surface area contributed by atoms with Gasteiger partial charge in [0.1, 0.15) is 17.8 Å². The second kappa shape index (κ2) is 20.1. The highest BCUT2D eigenvalue weighted by Gasteiger charge is 2.56. The number of alkyl halides is 2. The van der Waals surface area contributed by atoms with Crippen LogP contribution in [0.15, 0.2) is 24.3 Å². The minimum Gasteiger partial charge on any atom is -0.438 e. The Balaban J connectivity index is 1.57. The summed E-state index contributed by atoms with van der Waals surface area (Å²) in [7, 11) is -4.02. The molecule has 3 atom stereocenters. The van der Waals surface area contributed by atoms with Gasteiger partial charge in [0.2, 0.25) is 37.2 Å². The molecule has 5 amide bonds. The number of ether oxygens (including phenoxy) is 2. The number of nitrogens with one attached hydrogen (secondary N) is 3. The van der Waals surface area contributed by atoms with Crippen molar-refractivity contribution in [1.29, 1.82) is 0 Å². The number of benzene rings is 1. The van der Waals surface area contributed by atoms with Crippen molar-refractivity contribution in [2.75, 3.05) is 46.8 Å². The molecule has 344 valence electrons. The zero-order chi connectivity index (χ0) is 46.4. The van der Waals surface area contributed by atoms with Gasteiger partial charge in [-0.3, -0.25) is 47.2 Å². The molecule has 2 aromatic rings. The molecule has 2 fully saturated rings. The van der Waals surface area contributed by atoms with Crippen LogP contribution in [-0.2, 0) is 57.5 Å². The maximum Gasteiger partial charge on any atom is 0.410 e. The van der Waals surface area contributed by atoms with Crippen LogP contribution >= 0.6 is 7.60 Å². The quantitative estimate of drug-likeness (QED) is 0.0909. The summed E-state index contributed by atoms with van der Waals surface area (Å²) in [5.41, 5.74) is -7.37. The SMILES string of the molecule is CCC(=O)NCCCN(C)C(=O)[C@@H]1CC[C@@H]2CCN(C(C)=O)C[C@H](NC(=O)c3cc4cc(C(F)(F)P(=O)(OCOC(=O)C(C)(C)C)OCOC(=O)C(C)(C)C)ccc4[nH]3)C(=O)N21. The molecule has 0 aliphatic carbocycles. The number of amides is 5. The number of carbonyl (C=O) groups is 7. The van der Waals surface area contributed by atoms with Gasteiger partial charge in [0.05, 0.1) is 10.8 Å². The van der Waals surface area contributed by atoms with Crippen LogP contribution in [0.2, 0.25) is 0 Å². The third kappa shape index (κ3) is 11.9. The fourth-order valence-corrected chi connectivity index (χ4v) is 8.05. The lowest BCUT2D eigenvalue weighted by Crippen LogP contribution is -2.61. The first-order chi connectivity index (χ1) is 28.8. The van der Waals surface area contributed by atoms with E-state index in [-0.39, 0.29) is 53.4 Å². The fourth-order valence-electron chi connectivity index (χ4n) is 6.81. The number of fused-ring (bicyclic) bond motifs is 2. The number of aromatic nitrogens is 1. The van der Waals surface area contributed by atoms with E-state index in [1.807, 2.05) is 0 Å². The summed E-state index contributed by atoms with van der Waals surface area (Å²) in [6.07, 6.45) is 2.12. The Morgan fingerprint density at radius 2 is 1.55 bits per heavy atom. The van der Waals surface area contributed by atoms with Gasteiger partial charge in [-0.25, -0.2) is 0 Å². The van der Waals surface area contributed by atoms with Crippen LogP contribution in [0.25, 0.3) is 10.9 Å². The predicted molar refractivity (Wildman–Crippen MR) is 220 cm³/mol. The van der Waals surface area contributed by atoms with E-state index >= 15 is 8.78 Å². The fraction of sp³-hybridized carbons (Fsp3) is 0.634. The average molecular weight is 897 g/mol. The number of halogens is 2. The number of H-pyrrole nitrogens is 1. The first-order valence-corrected chi connectivity index (χ1v) is 22.0. The Morgan fingerprint density at radius 3 is 2.11 bits per heavy atom. The van der Waals surface area contributed by atoms with Gasteiger partial charge in [0.15, 0.2) is 0 Å². The van der Waals surface area contributed by atoms with E-state index < -0.39 is 79.1 Å². The second-order valence-corrected chi connectivity index (χ2v) is 19.5. The third-order valence-electron chi connectivity index (χ3n) is 10.5. The minimum absolute atomic E-state index is 0.0501. The molecule has 2 aliphatic heterocycles. The molecule has 3 N–H and O–H groups in total. The number of hydrogen-bond acceptors (Lipinski definition) is 12. The second-order valence-electron chi connectivity index (χ2n) is 17.5. The van der Waals surface area contributed by atoms with E-state index in [1.54, 1.807) is 14.0 Å². The minimum atomic E-state index is -5.64. The summed E-state index contributed by atoms with van der Waals surface area (Å²) in [6.45, 7) is 10.5. The number of likely N-dealkylation sites (N-methyl/N-ethyl adjacent to an activating group) is 1. The maximum atomic E-state index is 16.3. The highest BCUT2D eigenvalue weighted by atomic mass is 31.2. The molecule has 2 saturated heterocycles. The molecule has 62 heavy (non-hydrogen) atoms. The Kier molecular flexibility index (Phi) is 16.1. The number of hydrogen-bond donors (Lipinski definition) is 3. The van der Waals surface area contributed by atoms with Crippen molar-refractivity contribution in [3.8, 4) is 0 Å². The molecule has 3 heterocycles. The molecule has 4 rings (SSSR count). The Hall–Kier alpha value is -4.94. The Bertz CT molecular complexity index is 2030.